The van der Waals surface area contributed by atoms with E-state index in [0.717, 1.165) is 11.3 Å². The lowest BCUT2D eigenvalue weighted by Gasteiger charge is -2.18. The van der Waals surface area contributed by atoms with Gasteiger partial charge in [-0.2, -0.15) is 0 Å². The standard InChI is InChI=1S/C14H21N3O2/c1-11-5-4-6-14-15-12(8-17(11)14)7-16(2)9-13(18)10-19-3/h4-6,8,13,18H,7,9-10H2,1-3H3. The molecule has 0 radical (unpaired) electrons. The normalized spacial score (nSPS) is 13.3. The second kappa shape index (κ2) is 6.14. The molecule has 0 aliphatic heterocycles. The Kier molecular flexibility index (Phi) is 4.52. The second-order valence-electron chi connectivity index (χ2n) is 4.93. The zero-order valence-corrected chi connectivity index (χ0v) is 11.7. The maximum absolute atomic E-state index is 9.69. The molecule has 0 aliphatic rings. The van der Waals surface area contributed by atoms with E-state index in [-0.39, 0.29) is 0 Å². The molecule has 0 amide bonds. The van der Waals surface area contributed by atoms with E-state index < -0.39 is 6.10 Å². The van der Waals surface area contributed by atoms with Crippen LogP contribution in [0.3, 0.4) is 0 Å². The molecule has 19 heavy (non-hydrogen) atoms. The maximum Gasteiger partial charge on any atom is 0.137 e. The summed E-state index contributed by atoms with van der Waals surface area (Å²) < 4.78 is 7.00. The van der Waals surface area contributed by atoms with E-state index in [4.69, 9.17) is 4.74 Å². The number of pyridine rings is 1. The zero-order valence-electron chi connectivity index (χ0n) is 11.7. The molecule has 0 aromatic carbocycles. The Morgan fingerprint density at radius 2 is 2.26 bits per heavy atom. The number of imidazole rings is 1. The summed E-state index contributed by atoms with van der Waals surface area (Å²) in [7, 11) is 3.56. The molecular formula is C14H21N3O2. The minimum absolute atomic E-state index is 0.356. The number of hydrogen-bond donors (Lipinski definition) is 1. The van der Waals surface area contributed by atoms with Gasteiger partial charge in [0.1, 0.15) is 5.65 Å². The van der Waals surface area contributed by atoms with Crippen LogP contribution < -0.4 is 0 Å². The quantitative estimate of drug-likeness (QED) is 0.847. The fraction of sp³-hybridized carbons (Fsp3) is 0.500. The molecule has 5 nitrogen and oxygen atoms in total. The molecule has 0 saturated heterocycles. The first kappa shape index (κ1) is 14.0. The van der Waals surface area contributed by atoms with Crippen LogP contribution in [0.1, 0.15) is 11.4 Å². The van der Waals surface area contributed by atoms with Crippen LogP contribution >= 0.6 is 0 Å². The molecule has 104 valence electrons. The fourth-order valence-corrected chi connectivity index (χ4v) is 2.22. The van der Waals surface area contributed by atoms with E-state index in [0.29, 0.717) is 19.7 Å². The van der Waals surface area contributed by atoms with Crippen molar-refractivity contribution < 1.29 is 9.84 Å². The van der Waals surface area contributed by atoms with E-state index in [2.05, 4.69) is 22.4 Å². The molecular weight excluding hydrogens is 242 g/mol. The van der Waals surface area contributed by atoms with Gasteiger partial charge in [0.25, 0.3) is 0 Å². The summed E-state index contributed by atoms with van der Waals surface area (Å²) in [6, 6.07) is 6.06. The van der Waals surface area contributed by atoms with Crippen molar-refractivity contribution in [1.29, 1.82) is 0 Å². The van der Waals surface area contributed by atoms with E-state index >= 15 is 0 Å². The van der Waals surface area contributed by atoms with E-state index in [9.17, 15) is 5.11 Å². The molecule has 5 heteroatoms. The lowest BCUT2D eigenvalue weighted by atomic mass is 10.3. The molecule has 1 unspecified atom stereocenters. The summed E-state index contributed by atoms with van der Waals surface area (Å²) in [5.41, 5.74) is 3.13. The smallest absolute Gasteiger partial charge is 0.137 e. The van der Waals surface area contributed by atoms with Crippen LogP contribution in [0, 0.1) is 6.92 Å². The van der Waals surface area contributed by atoms with Crippen molar-refractivity contribution >= 4 is 5.65 Å². The lowest BCUT2D eigenvalue weighted by Crippen LogP contribution is -2.31. The molecule has 1 atom stereocenters. The molecule has 2 heterocycles. The maximum atomic E-state index is 9.69. The molecule has 1 N–H and O–H groups in total. The van der Waals surface area contributed by atoms with Crippen LogP contribution in [0.5, 0.6) is 0 Å². The van der Waals surface area contributed by atoms with Gasteiger partial charge in [-0.1, -0.05) is 6.07 Å². The van der Waals surface area contributed by atoms with Gasteiger partial charge >= 0.3 is 0 Å². The summed E-state index contributed by atoms with van der Waals surface area (Å²) in [6.07, 6.45) is 1.58. The molecule has 2 rings (SSSR count). The topological polar surface area (TPSA) is 50.0 Å². The Morgan fingerprint density at radius 3 is 2.95 bits per heavy atom. The Morgan fingerprint density at radius 1 is 1.47 bits per heavy atom. The molecule has 0 aliphatic carbocycles. The van der Waals surface area contributed by atoms with Gasteiger partial charge in [0, 0.05) is 32.1 Å². The Labute approximate surface area is 113 Å². The average Bonchev–Trinajstić information content (AvgIpc) is 2.72. The van der Waals surface area contributed by atoms with Gasteiger partial charge in [-0.25, -0.2) is 4.98 Å². The number of hydrogen-bond acceptors (Lipinski definition) is 4. The number of aromatic nitrogens is 2. The average molecular weight is 263 g/mol. The number of rotatable bonds is 6. The van der Waals surface area contributed by atoms with E-state index in [1.807, 2.05) is 30.3 Å². The number of ether oxygens (including phenoxy) is 1. The van der Waals surface area contributed by atoms with Crippen LogP contribution in [0.2, 0.25) is 0 Å². The Bertz CT molecular complexity index is 538. The van der Waals surface area contributed by atoms with Gasteiger partial charge in [-0.3, -0.25) is 4.90 Å². The third kappa shape index (κ3) is 3.53. The number of likely N-dealkylation sites (N-methyl/N-ethyl adjacent to an activating group) is 1. The van der Waals surface area contributed by atoms with Gasteiger partial charge < -0.3 is 14.2 Å². The van der Waals surface area contributed by atoms with Crippen molar-refractivity contribution in [3.05, 3.63) is 35.8 Å². The summed E-state index contributed by atoms with van der Waals surface area (Å²) in [5, 5.41) is 9.69. The number of fused-ring (bicyclic) bond motifs is 1. The highest BCUT2D eigenvalue weighted by molar-refractivity contribution is 5.41. The van der Waals surface area contributed by atoms with Gasteiger partial charge in [0.2, 0.25) is 0 Å². The molecule has 0 fully saturated rings. The first-order valence-corrected chi connectivity index (χ1v) is 6.39. The van der Waals surface area contributed by atoms with Crippen molar-refractivity contribution in [1.82, 2.24) is 14.3 Å². The second-order valence-corrected chi connectivity index (χ2v) is 4.93. The fourth-order valence-electron chi connectivity index (χ4n) is 2.22. The number of aliphatic hydroxyl groups is 1. The Hall–Kier alpha value is -1.43. The monoisotopic (exact) mass is 263 g/mol. The highest BCUT2D eigenvalue weighted by Gasteiger charge is 2.10. The summed E-state index contributed by atoms with van der Waals surface area (Å²) >= 11 is 0. The van der Waals surface area contributed by atoms with Crippen LogP contribution in [0.15, 0.2) is 24.4 Å². The van der Waals surface area contributed by atoms with Crippen molar-refractivity contribution in [2.75, 3.05) is 27.3 Å². The number of aliphatic hydroxyl groups excluding tert-OH is 1. The lowest BCUT2D eigenvalue weighted by molar-refractivity contribution is 0.0417. The van der Waals surface area contributed by atoms with Crippen molar-refractivity contribution in [2.45, 2.75) is 19.6 Å². The SMILES string of the molecule is COCC(O)CN(C)Cc1cn2c(C)cccc2n1. The minimum atomic E-state index is -0.464. The third-order valence-electron chi connectivity index (χ3n) is 3.06. The Balaban J connectivity index is 2.03. The third-order valence-corrected chi connectivity index (χ3v) is 3.06. The summed E-state index contributed by atoms with van der Waals surface area (Å²) in [6.45, 7) is 3.70. The van der Waals surface area contributed by atoms with Gasteiger partial charge in [-0.15, -0.1) is 0 Å². The van der Waals surface area contributed by atoms with Crippen LogP contribution in [-0.4, -0.2) is 52.8 Å². The van der Waals surface area contributed by atoms with Crippen molar-refractivity contribution in [3.63, 3.8) is 0 Å². The largest absolute Gasteiger partial charge is 0.389 e. The number of aryl methyl sites for hydroxylation is 1. The summed E-state index contributed by atoms with van der Waals surface area (Å²) in [4.78, 5) is 6.62. The van der Waals surface area contributed by atoms with Gasteiger partial charge in [0.05, 0.1) is 18.4 Å². The number of nitrogens with zero attached hydrogens (tertiary/aromatic N) is 3. The molecule has 2 aromatic rings. The minimum Gasteiger partial charge on any atom is -0.389 e. The highest BCUT2D eigenvalue weighted by Crippen LogP contribution is 2.10. The van der Waals surface area contributed by atoms with Crippen molar-refractivity contribution in [3.8, 4) is 0 Å². The first-order chi connectivity index (χ1) is 9.10. The van der Waals surface area contributed by atoms with Crippen LogP contribution in [-0.2, 0) is 11.3 Å². The highest BCUT2D eigenvalue weighted by atomic mass is 16.5. The molecule has 0 saturated carbocycles. The molecule has 0 bridgehead atoms. The molecule has 2 aromatic heterocycles. The van der Waals surface area contributed by atoms with Crippen LogP contribution in [0.4, 0.5) is 0 Å². The number of methoxy groups -OCH3 is 1. The first-order valence-electron chi connectivity index (χ1n) is 6.39. The molecule has 0 spiro atoms. The van der Waals surface area contributed by atoms with Gasteiger partial charge in [0.15, 0.2) is 0 Å². The van der Waals surface area contributed by atoms with Crippen molar-refractivity contribution in [2.24, 2.45) is 0 Å². The summed E-state index contributed by atoms with van der Waals surface area (Å²) in [5.74, 6) is 0. The van der Waals surface area contributed by atoms with Crippen LogP contribution in [0.25, 0.3) is 5.65 Å². The predicted octanol–water partition coefficient (Wildman–Crippen LogP) is 1.08. The van der Waals surface area contributed by atoms with E-state index in [1.54, 1.807) is 7.11 Å². The van der Waals surface area contributed by atoms with E-state index in [1.165, 1.54) is 5.69 Å². The zero-order chi connectivity index (χ0) is 13.8. The van der Waals surface area contributed by atoms with Gasteiger partial charge in [-0.05, 0) is 26.1 Å². The predicted molar refractivity (Wildman–Crippen MR) is 74.1 cm³/mol.